The Labute approximate surface area is 108 Å². The van der Waals surface area contributed by atoms with E-state index in [4.69, 9.17) is 0 Å². The molecule has 2 rings (SSSR count). The van der Waals surface area contributed by atoms with E-state index in [1.54, 1.807) is 16.7 Å². The lowest BCUT2D eigenvalue weighted by Gasteiger charge is -2.33. The van der Waals surface area contributed by atoms with E-state index in [1.807, 2.05) is 14.0 Å². The zero-order valence-corrected chi connectivity index (χ0v) is 11.7. The Morgan fingerprint density at radius 1 is 1.29 bits per heavy atom. The predicted octanol–water partition coefficient (Wildman–Crippen LogP) is 2.04. The summed E-state index contributed by atoms with van der Waals surface area (Å²) in [6, 6.07) is 0. The van der Waals surface area contributed by atoms with E-state index in [1.165, 1.54) is 0 Å². The number of thioether (sulfide) groups is 1. The van der Waals surface area contributed by atoms with Crippen LogP contribution in [-0.2, 0) is 4.79 Å². The largest absolute Gasteiger partial charge is 0.388 e. The average Bonchev–Trinajstić information content (AvgIpc) is 2.87. The predicted molar refractivity (Wildman–Crippen MR) is 71.2 cm³/mol. The van der Waals surface area contributed by atoms with Crippen LogP contribution in [0, 0.1) is 0 Å². The molecule has 2 fully saturated rings. The first-order valence-corrected chi connectivity index (χ1v) is 7.56. The van der Waals surface area contributed by atoms with E-state index >= 15 is 0 Å². The molecule has 17 heavy (non-hydrogen) atoms. The first kappa shape index (κ1) is 13.2. The van der Waals surface area contributed by atoms with Crippen molar-refractivity contribution in [2.45, 2.75) is 55.8 Å². The number of hydrogen-bond acceptors (Lipinski definition) is 3. The number of hydrogen-bond donors (Lipinski definition) is 1. The van der Waals surface area contributed by atoms with E-state index < -0.39 is 5.60 Å². The van der Waals surface area contributed by atoms with Gasteiger partial charge in [-0.3, -0.25) is 4.79 Å². The number of nitrogens with zero attached hydrogens (tertiary/aromatic N) is 1. The Balaban J connectivity index is 1.95. The molecule has 1 saturated carbocycles. The highest BCUT2D eigenvalue weighted by Gasteiger charge is 2.41. The van der Waals surface area contributed by atoms with Gasteiger partial charge in [0.05, 0.1) is 10.3 Å². The van der Waals surface area contributed by atoms with Crippen LogP contribution in [-0.4, -0.2) is 45.6 Å². The molecule has 2 aliphatic rings. The third-order valence-corrected chi connectivity index (χ3v) is 5.59. The lowest BCUT2D eigenvalue weighted by atomic mass is 9.99. The molecule has 4 heteroatoms. The van der Waals surface area contributed by atoms with Crippen LogP contribution in [0.2, 0.25) is 0 Å². The van der Waals surface area contributed by atoms with Crippen LogP contribution in [0.5, 0.6) is 0 Å². The summed E-state index contributed by atoms with van der Waals surface area (Å²) in [7, 11) is 1.84. The van der Waals surface area contributed by atoms with Crippen LogP contribution >= 0.6 is 11.8 Å². The summed E-state index contributed by atoms with van der Waals surface area (Å²) < 4.78 is -0.246. The van der Waals surface area contributed by atoms with Gasteiger partial charge in [-0.1, -0.05) is 12.8 Å². The summed E-state index contributed by atoms with van der Waals surface area (Å²) in [4.78, 5) is 14.1. The minimum Gasteiger partial charge on any atom is -0.388 e. The van der Waals surface area contributed by atoms with Gasteiger partial charge >= 0.3 is 0 Å². The molecule has 1 amide bonds. The van der Waals surface area contributed by atoms with Gasteiger partial charge in [-0.2, -0.15) is 0 Å². The lowest BCUT2D eigenvalue weighted by molar-refractivity contribution is -0.135. The molecule has 1 N–H and O–H groups in total. The van der Waals surface area contributed by atoms with E-state index in [0.717, 1.165) is 44.3 Å². The molecular weight excluding hydrogens is 234 g/mol. The van der Waals surface area contributed by atoms with Crippen molar-refractivity contribution in [3.8, 4) is 0 Å². The minimum atomic E-state index is -0.621. The summed E-state index contributed by atoms with van der Waals surface area (Å²) in [5, 5.41) is 10.3. The third-order valence-electron chi connectivity index (χ3n) is 4.08. The number of amides is 1. The van der Waals surface area contributed by atoms with Crippen molar-refractivity contribution in [2.24, 2.45) is 0 Å². The molecule has 3 nitrogen and oxygen atoms in total. The maximum Gasteiger partial charge on any atom is 0.238 e. The molecule has 1 unspecified atom stereocenters. The zero-order chi connectivity index (χ0) is 12.5. The van der Waals surface area contributed by atoms with E-state index in [0.29, 0.717) is 6.54 Å². The Morgan fingerprint density at radius 2 is 1.94 bits per heavy atom. The van der Waals surface area contributed by atoms with Crippen LogP contribution in [0.4, 0.5) is 0 Å². The summed E-state index contributed by atoms with van der Waals surface area (Å²) in [6.07, 6.45) is 5.96. The van der Waals surface area contributed by atoms with Crippen molar-refractivity contribution < 1.29 is 9.90 Å². The van der Waals surface area contributed by atoms with Gasteiger partial charge in [0.25, 0.3) is 0 Å². The SMILES string of the molecule is CN(CC1(O)CCCC1)C(=O)C1(C)CCCS1. The molecule has 1 aliphatic heterocycles. The second kappa shape index (κ2) is 4.81. The van der Waals surface area contributed by atoms with Crippen LogP contribution in [0.15, 0.2) is 0 Å². The molecule has 0 aromatic carbocycles. The summed E-state index contributed by atoms with van der Waals surface area (Å²) in [6.45, 7) is 2.55. The summed E-state index contributed by atoms with van der Waals surface area (Å²) in [5.41, 5.74) is -0.621. The van der Waals surface area contributed by atoms with Gasteiger partial charge in [0.15, 0.2) is 0 Å². The lowest BCUT2D eigenvalue weighted by Crippen LogP contribution is -2.48. The van der Waals surface area contributed by atoms with Gasteiger partial charge < -0.3 is 10.0 Å². The molecule has 0 radical (unpaired) electrons. The molecular formula is C13H23NO2S. The molecule has 1 saturated heterocycles. The number of carbonyl (C=O) groups excluding carboxylic acids is 1. The number of rotatable bonds is 3. The first-order chi connectivity index (χ1) is 7.95. The Morgan fingerprint density at radius 3 is 2.47 bits per heavy atom. The Hall–Kier alpha value is -0.220. The van der Waals surface area contributed by atoms with Gasteiger partial charge in [0.1, 0.15) is 0 Å². The zero-order valence-electron chi connectivity index (χ0n) is 10.9. The highest BCUT2D eigenvalue weighted by molar-refractivity contribution is 8.01. The highest BCUT2D eigenvalue weighted by atomic mass is 32.2. The molecule has 98 valence electrons. The number of carbonyl (C=O) groups is 1. The van der Waals surface area contributed by atoms with Gasteiger partial charge in [-0.25, -0.2) is 0 Å². The molecule has 1 aliphatic carbocycles. The molecule has 1 atom stereocenters. The fourth-order valence-electron chi connectivity index (χ4n) is 3.06. The molecule has 0 bridgehead atoms. The topological polar surface area (TPSA) is 40.5 Å². The van der Waals surface area contributed by atoms with Crippen LogP contribution < -0.4 is 0 Å². The van der Waals surface area contributed by atoms with Crippen molar-refractivity contribution in [3.05, 3.63) is 0 Å². The van der Waals surface area contributed by atoms with E-state index in [-0.39, 0.29) is 10.7 Å². The van der Waals surface area contributed by atoms with Crippen LogP contribution in [0.1, 0.15) is 45.4 Å². The fourth-order valence-corrected chi connectivity index (χ4v) is 4.36. The summed E-state index contributed by atoms with van der Waals surface area (Å²) >= 11 is 1.77. The Kier molecular flexibility index (Phi) is 3.74. The first-order valence-electron chi connectivity index (χ1n) is 6.57. The standard InChI is InChI=1S/C13H23NO2S/c1-12(6-5-9-17-12)11(15)14(2)10-13(16)7-3-4-8-13/h16H,3-10H2,1-2H3. The summed E-state index contributed by atoms with van der Waals surface area (Å²) in [5.74, 6) is 1.28. The van der Waals surface area contributed by atoms with Crippen molar-refractivity contribution in [1.82, 2.24) is 4.90 Å². The van der Waals surface area contributed by atoms with Crippen LogP contribution in [0.25, 0.3) is 0 Å². The van der Waals surface area contributed by atoms with Crippen molar-refractivity contribution >= 4 is 17.7 Å². The quantitative estimate of drug-likeness (QED) is 0.841. The minimum absolute atomic E-state index is 0.195. The van der Waals surface area contributed by atoms with E-state index in [2.05, 4.69) is 0 Å². The normalized spacial score (nSPS) is 31.7. The van der Waals surface area contributed by atoms with Gasteiger partial charge in [-0.15, -0.1) is 11.8 Å². The van der Waals surface area contributed by atoms with Crippen LogP contribution in [0.3, 0.4) is 0 Å². The van der Waals surface area contributed by atoms with E-state index in [9.17, 15) is 9.90 Å². The smallest absolute Gasteiger partial charge is 0.238 e. The second-order valence-electron chi connectivity index (χ2n) is 5.78. The molecule has 1 heterocycles. The maximum absolute atomic E-state index is 12.4. The number of likely N-dealkylation sites (N-methyl/N-ethyl adjacent to an activating group) is 1. The molecule has 0 aromatic rings. The third kappa shape index (κ3) is 2.79. The fraction of sp³-hybridized carbons (Fsp3) is 0.923. The highest BCUT2D eigenvalue weighted by Crippen LogP contribution is 2.39. The van der Waals surface area contributed by atoms with Crippen molar-refractivity contribution in [2.75, 3.05) is 19.3 Å². The van der Waals surface area contributed by atoms with Crippen molar-refractivity contribution in [1.29, 1.82) is 0 Å². The number of aliphatic hydroxyl groups is 1. The monoisotopic (exact) mass is 257 g/mol. The second-order valence-corrected chi connectivity index (χ2v) is 7.37. The Bertz CT molecular complexity index is 294. The van der Waals surface area contributed by atoms with Crippen molar-refractivity contribution in [3.63, 3.8) is 0 Å². The molecule has 0 spiro atoms. The van der Waals surface area contributed by atoms with Gasteiger partial charge in [0, 0.05) is 13.6 Å². The maximum atomic E-state index is 12.4. The van der Waals surface area contributed by atoms with Gasteiger partial charge in [-0.05, 0) is 38.4 Å². The molecule has 0 aromatic heterocycles. The van der Waals surface area contributed by atoms with Gasteiger partial charge in [0.2, 0.25) is 5.91 Å². The average molecular weight is 257 g/mol.